The van der Waals surface area contributed by atoms with Crippen LogP contribution in [0, 0.1) is 5.82 Å². The van der Waals surface area contributed by atoms with Gasteiger partial charge in [0.15, 0.2) is 11.6 Å². The minimum atomic E-state index is -0.312. The van der Waals surface area contributed by atoms with Crippen molar-refractivity contribution >= 4 is 0 Å². The Morgan fingerprint density at radius 3 is 2.78 bits per heavy atom. The number of para-hydroxylation sites is 1. The molecular formula is C14H19FN2O. The summed E-state index contributed by atoms with van der Waals surface area (Å²) >= 11 is 0. The van der Waals surface area contributed by atoms with Gasteiger partial charge >= 0.3 is 0 Å². The van der Waals surface area contributed by atoms with Crippen LogP contribution in [-0.2, 0) is 0 Å². The van der Waals surface area contributed by atoms with Gasteiger partial charge in [0, 0.05) is 32.7 Å². The van der Waals surface area contributed by atoms with Gasteiger partial charge in [-0.1, -0.05) is 24.3 Å². The lowest BCUT2D eigenvalue weighted by molar-refractivity contribution is 0.264. The zero-order valence-corrected chi connectivity index (χ0v) is 10.4. The predicted molar refractivity (Wildman–Crippen MR) is 70.3 cm³/mol. The first-order valence-corrected chi connectivity index (χ1v) is 6.31. The highest BCUT2D eigenvalue weighted by Crippen LogP contribution is 2.14. The fourth-order valence-corrected chi connectivity index (χ4v) is 1.89. The van der Waals surface area contributed by atoms with Crippen LogP contribution in [0.5, 0.6) is 5.75 Å². The maximum atomic E-state index is 13.2. The van der Waals surface area contributed by atoms with E-state index in [-0.39, 0.29) is 5.82 Å². The fourth-order valence-electron chi connectivity index (χ4n) is 1.89. The summed E-state index contributed by atoms with van der Waals surface area (Å²) in [4.78, 5) is 2.37. The molecule has 4 heteroatoms. The Labute approximate surface area is 107 Å². The fraction of sp³-hybridized carbons (Fsp3) is 0.429. The number of nitrogens with one attached hydrogen (secondary N) is 1. The summed E-state index contributed by atoms with van der Waals surface area (Å²) in [6.07, 6.45) is 4.01. The van der Waals surface area contributed by atoms with Gasteiger partial charge in [0.25, 0.3) is 0 Å². The number of piperazine rings is 1. The summed E-state index contributed by atoms with van der Waals surface area (Å²) in [5.41, 5.74) is 0. The van der Waals surface area contributed by atoms with Crippen LogP contribution in [0.4, 0.5) is 4.39 Å². The van der Waals surface area contributed by atoms with Crippen LogP contribution >= 0.6 is 0 Å². The third-order valence-corrected chi connectivity index (χ3v) is 2.91. The van der Waals surface area contributed by atoms with Gasteiger partial charge in [-0.05, 0) is 12.1 Å². The second-order valence-corrected chi connectivity index (χ2v) is 4.26. The second kappa shape index (κ2) is 7.13. The summed E-state index contributed by atoms with van der Waals surface area (Å²) in [6.45, 7) is 5.62. The average Bonchev–Trinajstić information content (AvgIpc) is 2.42. The van der Waals surface area contributed by atoms with E-state index in [1.165, 1.54) is 6.07 Å². The Balaban J connectivity index is 1.67. The standard InChI is InChI=1S/C14H19FN2O/c15-13-5-1-2-6-14(13)18-12-4-3-9-17-10-7-16-8-11-17/h1-6,16H,7-12H2. The largest absolute Gasteiger partial charge is 0.486 e. The molecule has 0 amide bonds. The summed E-state index contributed by atoms with van der Waals surface area (Å²) < 4.78 is 18.6. The number of halogens is 1. The van der Waals surface area contributed by atoms with E-state index in [0.29, 0.717) is 12.4 Å². The van der Waals surface area contributed by atoms with Crippen molar-refractivity contribution in [3.8, 4) is 5.75 Å². The van der Waals surface area contributed by atoms with Crippen molar-refractivity contribution in [1.82, 2.24) is 10.2 Å². The van der Waals surface area contributed by atoms with Crippen molar-refractivity contribution in [3.05, 3.63) is 42.2 Å². The molecule has 0 aliphatic carbocycles. The first kappa shape index (κ1) is 13.1. The van der Waals surface area contributed by atoms with E-state index >= 15 is 0 Å². The molecule has 0 unspecified atom stereocenters. The van der Waals surface area contributed by atoms with E-state index in [1.807, 2.05) is 6.08 Å². The van der Waals surface area contributed by atoms with E-state index in [9.17, 15) is 4.39 Å². The number of ether oxygens (including phenoxy) is 1. The summed E-state index contributed by atoms with van der Waals surface area (Å²) in [5.74, 6) is -0.00247. The third kappa shape index (κ3) is 4.13. The van der Waals surface area contributed by atoms with Crippen LogP contribution < -0.4 is 10.1 Å². The molecule has 1 N–H and O–H groups in total. The van der Waals surface area contributed by atoms with Gasteiger partial charge < -0.3 is 10.1 Å². The molecule has 1 aromatic rings. The number of hydrogen-bond acceptors (Lipinski definition) is 3. The average molecular weight is 250 g/mol. The van der Waals surface area contributed by atoms with Crippen molar-refractivity contribution in [3.63, 3.8) is 0 Å². The van der Waals surface area contributed by atoms with Gasteiger partial charge in [0.2, 0.25) is 0 Å². The van der Waals surface area contributed by atoms with Gasteiger partial charge in [0.1, 0.15) is 6.61 Å². The Hall–Kier alpha value is -1.39. The van der Waals surface area contributed by atoms with Crippen molar-refractivity contribution in [2.75, 3.05) is 39.3 Å². The zero-order chi connectivity index (χ0) is 12.6. The number of hydrogen-bond donors (Lipinski definition) is 1. The molecule has 98 valence electrons. The lowest BCUT2D eigenvalue weighted by Gasteiger charge is -2.25. The van der Waals surface area contributed by atoms with Crippen LogP contribution in [0.15, 0.2) is 36.4 Å². The molecule has 3 nitrogen and oxygen atoms in total. The lowest BCUT2D eigenvalue weighted by atomic mass is 10.3. The number of benzene rings is 1. The van der Waals surface area contributed by atoms with Crippen molar-refractivity contribution < 1.29 is 9.13 Å². The highest BCUT2D eigenvalue weighted by Gasteiger charge is 2.06. The molecule has 1 fully saturated rings. The molecule has 0 bridgehead atoms. The van der Waals surface area contributed by atoms with Crippen LogP contribution in [0.25, 0.3) is 0 Å². The topological polar surface area (TPSA) is 24.5 Å². The smallest absolute Gasteiger partial charge is 0.165 e. The molecular weight excluding hydrogens is 231 g/mol. The van der Waals surface area contributed by atoms with Crippen molar-refractivity contribution in [2.24, 2.45) is 0 Å². The molecule has 1 aliphatic rings. The van der Waals surface area contributed by atoms with Crippen LogP contribution in [0.3, 0.4) is 0 Å². The molecule has 1 saturated heterocycles. The minimum absolute atomic E-state index is 0.310. The Kier molecular flexibility index (Phi) is 5.17. The first-order valence-electron chi connectivity index (χ1n) is 6.31. The molecule has 0 radical (unpaired) electrons. The van der Waals surface area contributed by atoms with Gasteiger partial charge in [-0.2, -0.15) is 0 Å². The SMILES string of the molecule is Fc1ccccc1OCC=CCN1CCNCC1. The molecule has 1 aliphatic heterocycles. The Morgan fingerprint density at radius 1 is 1.22 bits per heavy atom. The van der Waals surface area contributed by atoms with E-state index in [1.54, 1.807) is 18.2 Å². The van der Waals surface area contributed by atoms with E-state index < -0.39 is 0 Å². The molecule has 0 atom stereocenters. The highest BCUT2D eigenvalue weighted by atomic mass is 19.1. The molecule has 18 heavy (non-hydrogen) atoms. The molecule has 2 rings (SSSR count). The van der Waals surface area contributed by atoms with Gasteiger partial charge in [-0.25, -0.2) is 4.39 Å². The van der Waals surface area contributed by atoms with Gasteiger partial charge in [-0.15, -0.1) is 0 Å². The number of rotatable bonds is 5. The lowest BCUT2D eigenvalue weighted by Crippen LogP contribution is -2.43. The molecule has 0 saturated carbocycles. The second-order valence-electron chi connectivity index (χ2n) is 4.26. The zero-order valence-electron chi connectivity index (χ0n) is 10.4. The van der Waals surface area contributed by atoms with Gasteiger partial charge in [0.05, 0.1) is 0 Å². The maximum Gasteiger partial charge on any atom is 0.165 e. The number of nitrogens with zero attached hydrogens (tertiary/aromatic N) is 1. The molecule has 1 heterocycles. The van der Waals surface area contributed by atoms with E-state index in [0.717, 1.165) is 32.7 Å². The maximum absolute atomic E-state index is 13.2. The highest BCUT2D eigenvalue weighted by molar-refractivity contribution is 5.23. The predicted octanol–water partition coefficient (Wildman–Crippen LogP) is 1.67. The summed E-state index contributed by atoms with van der Waals surface area (Å²) in [5, 5.41) is 3.31. The summed E-state index contributed by atoms with van der Waals surface area (Å²) in [7, 11) is 0. The van der Waals surface area contributed by atoms with Crippen LogP contribution in [0.2, 0.25) is 0 Å². The first-order chi connectivity index (χ1) is 8.86. The molecule has 1 aromatic carbocycles. The van der Waals surface area contributed by atoms with Crippen LogP contribution in [-0.4, -0.2) is 44.2 Å². The Morgan fingerprint density at radius 2 is 2.00 bits per heavy atom. The summed E-state index contributed by atoms with van der Waals surface area (Å²) in [6, 6.07) is 6.46. The van der Waals surface area contributed by atoms with Crippen molar-refractivity contribution in [1.29, 1.82) is 0 Å². The quantitative estimate of drug-likeness (QED) is 0.804. The molecule has 0 aromatic heterocycles. The Bertz CT molecular complexity index is 389. The normalized spacial score (nSPS) is 17.2. The monoisotopic (exact) mass is 250 g/mol. The van der Waals surface area contributed by atoms with Gasteiger partial charge in [-0.3, -0.25) is 4.90 Å². The minimum Gasteiger partial charge on any atom is -0.486 e. The van der Waals surface area contributed by atoms with Crippen LogP contribution in [0.1, 0.15) is 0 Å². The van der Waals surface area contributed by atoms with E-state index in [4.69, 9.17) is 4.74 Å². The third-order valence-electron chi connectivity index (χ3n) is 2.91. The van der Waals surface area contributed by atoms with E-state index in [2.05, 4.69) is 16.3 Å². The van der Waals surface area contributed by atoms with Crippen molar-refractivity contribution in [2.45, 2.75) is 0 Å². The molecule has 0 spiro atoms.